The minimum atomic E-state index is -0.294. The second kappa shape index (κ2) is 7.71. The summed E-state index contributed by atoms with van der Waals surface area (Å²) in [6.45, 7) is 3.41. The van der Waals surface area contributed by atoms with Crippen LogP contribution in [0.3, 0.4) is 0 Å². The average molecular weight is 404 g/mol. The molecule has 1 amide bonds. The Labute approximate surface area is 175 Å². The fourth-order valence-electron chi connectivity index (χ4n) is 4.16. The molecule has 0 unspecified atom stereocenters. The standard InChI is InChI=1S/C25H25FN2O2/c1-16-2-3-18-8-11-22(23(26)24(18)27-16)17-6-9-20(10-7-17)30-21-12-14-28(15-13-21)25(29)19-4-5-19/h2-3,6-11,19,21H,4-5,12-15H2,1H3. The van der Waals surface area contributed by atoms with Crippen LogP contribution in [0.25, 0.3) is 22.0 Å². The number of halogens is 1. The van der Waals surface area contributed by atoms with Crippen molar-refractivity contribution in [3.05, 3.63) is 60.0 Å². The van der Waals surface area contributed by atoms with Crippen LogP contribution >= 0.6 is 0 Å². The van der Waals surface area contributed by atoms with Gasteiger partial charge < -0.3 is 9.64 Å². The van der Waals surface area contributed by atoms with Crippen LogP contribution in [0.2, 0.25) is 0 Å². The second-order valence-corrected chi connectivity index (χ2v) is 8.39. The molecule has 2 aromatic carbocycles. The van der Waals surface area contributed by atoms with Crippen LogP contribution in [0, 0.1) is 18.7 Å². The third kappa shape index (κ3) is 3.76. The van der Waals surface area contributed by atoms with Gasteiger partial charge in [-0.05, 0) is 43.5 Å². The summed E-state index contributed by atoms with van der Waals surface area (Å²) in [5, 5.41) is 0.799. The maximum atomic E-state index is 15.0. The molecule has 1 aromatic heterocycles. The number of rotatable bonds is 4. The number of nitrogens with zero attached hydrogens (tertiary/aromatic N) is 2. The van der Waals surface area contributed by atoms with Crippen molar-refractivity contribution >= 4 is 16.8 Å². The van der Waals surface area contributed by atoms with E-state index in [0.29, 0.717) is 17.0 Å². The first-order valence-corrected chi connectivity index (χ1v) is 10.7. The average Bonchev–Trinajstić information content (AvgIpc) is 3.61. The zero-order chi connectivity index (χ0) is 20.7. The molecule has 2 fully saturated rings. The zero-order valence-electron chi connectivity index (χ0n) is 17.1. The van der Waals surface area contributed by atoms with E-state index >= 15 is 4.39 Å². The minimum absolute atomic E-state index is 0.115. The lowest BCUT2D eigenvalue weighted by Gasteiger charge is -2.32. The Kier molecular flexibility index (Phi) is 4.89. The molecule has 154 valence electrons. The molecule has 0 spiro atoms. The van der Waals surface area contributed by atoms with Crippen molar-refractivity contribution in [3.63, 3.8) is 0 Å². The Hall–Kier alpha value is -2.95. The summed E-state index contributed by atoms with van der Waals surface area (Å²) in [5.41, 5.74) is 2.54. The molecule has 1 aliphatic carbocycles. The van der Waals surface area contributed by atoms with E-state index in [1.165, 1.54) is 0 Å². The number of fused-ring (bicyclic) bond motifs is 1. The number of carbonyl (C=O) groups is 1. The van der Waals surface area contributed by atoms with E-state index in [9.17, 15) is 4.79 Å². The molecule has 5 heteroatoms. The molecule has 0 bridgehead atoms. The number of pyridine rings is 1. The molecule has 2 aliphatic rings. The summed E-state index contributed by atoms with van der Waals surface area (Å²) in [6, 6.07) is 15.1. The number of benzene rings is 2. The van der Waals surface area contributed by atoms with Crippen LogP contribution in [0.4, 0.5) is 4.39 Å². The molecule has 1 saturated heterocycles. The van der Waals surface area contributed by atoms with Gasteiger partial charge in [0.1, 0.15) is 17.4 Å². The van der Waals surface area contributed by atoms with Gasteiger partial charge in [0.05, 0.1) is 0 Å². The van der Waals surface area contributed by atoms with Gasteiger partial charge >= 0.3 is 0 Å². The predicted octanol–water partition coefficient (Wildman–Crippen LogP) is 5.13. The summed E-state index contributed by atoms with van der Waals surface area (Å²) in [6.07, 6.45) is 3.92. The number of amides is 1. The lowest BCUT2D eigenvalue weighted by Crippen LogP contribution is -2.42. The molecular formula is C25H25FN2O2. The zero-order valence-corrected chi connectivity index (χ0v) is 17.1. The first-order chi connectivity index (χ1) is 14.6. The van der Waals surface area contributed by atoms with Crippen molar-refractivity contribution in [1.29, 1.82) is 0 Å². The molecule has 30 heavy (non-hydrogen) atoms. The highest BCUT2D eigenvalue weighted by Crippen LogP contribution is 2.33. The Morgan fingerprint density at radius 2 is 1.70 bits per heavy atom. The summed E-state index contributed by atoms with van der Waals surface area (Å²) < 4.78 is 21.2. The van der Waals surface area contributed by atoms with Crippen molar-refractivity contribution < 1.29 is 13.9 Å². The first-order valence-electron chi connectivity index (χ1n) is 10.7. The van der Waals surface area contributed by atoms with Gasteiger partial charge in [0.2, 0.25) is 5.91 Å². The smallest absolute Gasteiger partial charge is 0.225 e. The van der Waals surface area contributed by atoms with Gasteiger partial charge in [-0.15, -0.1) is 0 Å². The molecule has 1 aliphatic heterocycles. The van der Waals surface area contributed by atoms with E-state index in [1.54, 1.807) is 6.07 Å². The summed E-state index contributed by atoms with van der Waals surface area (Å²) >= 11 is 0. The van der Waals surface area contributed by atoms with Crippen molar-refractivity contribution in [2.45, 2.75) is 38.7 Å². The highest BCUT2D eigenvalue weighted by molar-refractivity contribution is 5.85. The lowest BCUT2D eigenvalue weighted by atomic mass is 10.0. The van der Waals surface area contributed by atoms with E-state index in [1.807, 2.05) is 54.3 Å². The number of aryl methyl sites for hydroxylation is 1. The maximum absolute atomic E-state index is 15.0. The molecule has 0 radical (unpaired) electrons. The van der Waals surface area contributed by atoms with Gasteiger partial charge in [-0.2, -0.15) is 0 Å². The number of hydrogen-bond donors (Lipinski definition) is 0. The molecule has 5 rings (SSSR count). The second-order valence-electron chi connectivity index (χ2n) is 8.39. The van der Waals surface area contributed by atoms with Crippen LogP contribution in [-0.2, 0) is 4.79 Å². The van der Waals surface area contributed by atoms with Crippen LogP contribution < -0.4 is 4.74 Å². The van der Waals surface area contributed by atoms with Crippen LogP contribution in [0.1, 0.15) is 31.4 Å². The fraction of sp³-hybridized carbons (Fsp3) is 0.360. The number of ether oxygens (including phenoxy) is 1. The molecular weight excluding hydrogens is 379 g/mol. The summed E-state index contributed by atoms with van der Waals surface area (Å²) in [5.74, 6) is 1.09. The number of hydrogen-bond acceptors (Lipinski definition) is 3. The Morgan fingerprint density at radius 1 is 1.00 bits per heavy atom. The SMILES string of the molecule is Cc1ccc2ccc(-c3ccc(OC4CCN(C(=O)C5CC5)CC4)cc3)c(F)c2n1. The Morgan fingerprint density at radius 3 is 2.40 bits per heavy atom. The van der Waals surface area contributed by atoms with Gasteiger partial charge in [-0.3, -0.25) is 9.78 Å². The van der Waals surface area contributed by atoms with Gasteiger partial charge in [0.25, 0.3) is 0 Å². The highest BCUT2D eigenvalue weighted by atomic mass is 19.1. The monoisotopic (exact) mass is 404 g/mol. The van der Waals surface area contributed by atoms with E-state index < -0.39 is 0 Å². The molecule has 0 N–H and O–H groups in total. The third-order valence-electron chi connectivity index (χ3n) is 6.09. The van der Waals surface area contributed by atoms with Crippen molar-refractivity contribution in [2.24, 2.45) is 5.92 Å². The van der Waals surface area contributed by atoms with Gasteiger partial charge in [-0.25, -0.2) is 4.39 Å². The normalized spacial score (nSPS) is 17.3. The van der Waals surface area contributed by atoms with Crippen molar-refractivity contribution in [1.82, 2.24) is 9.88 Å². The third-order valence-corrected chi connectivity index (χ3v) is 6.09. The Balaban J connectivity index is 1.26. The van der Waals surface area contributed by atoms with Crippen LogP contribution in [-0.4, -0.2) is 35.0 Å². The topological polar surface area (TPSA) is 42.4 Å². The first kappa shape index (κ1) is 19.0. The van der Waals surface area contributed by atoms with Crippen LogP contribution in [0.15, 0.2) is 48.5 Å². The molecule has 2 heterocycles. The largest absolute Gasteiger partial charge is 0.490 e. The number of piperidine rings is 1. The van der Waals surface area contributed by atoms with Gasteiger partial charge in [0, 0.05) is 48.5 Å². The predicted molar refractivity (Wildman–Crippen MR) is 115 cm³/mol. The lowest BCUT2D eigenvalue weighted by molar-refractivity contribution is -0.134. The van der Waals surface area contributed by atoms with E-state index in [4.69, 9.17) is 4.74 Å². The fourth-order valence-corrected chi connectivity index (χ4v) is 4.16. The number of carbonyl (C=O) groups excluding carboxylic acids is 1. The highest BCUT2D eigenvalue weighted by Gasteiger charge is 2.35. The quantitative estimate of drug-likeness (QED) is 0.605. The summed E-state index contributed by atoms with van der Waals surface area (Å²) in [7, 11) is 0. The maximum Gasteiger partial charge on any atom is 0.225 e. The molecule has 0 atom stereocenters. The minimum Gasteiger partial charge on any atom is -0.490 e. The van der Waals surface area contributed by atoms with Gasteiger partial charge in [0.15, 0.2) is 5.82 Å². The van der Waals surface area contributed by atoms with Gasteiger partial charge in [-0.1, -0.05) is 30.3 Å². The van der Waals surface area contributed by atoms with E-state index in [2.05, 4.69) is 4.98 Å². The molecule has 1 saturated carbocycles. The number of likely N-dealkylation sites (tertiary alicyclic amines) is 1. The summed E-state index contributed by atoms with van der Waals surface area (Å²) in [4.78, 5) is 18.5. The van der Waals surface area contributed by atoms with Crippen molar-refractivity contribution in [3.8, 4) is 16.9 Å². The number of aromatic nitrogens is 1. The molecule has 3 aromatic rings. The Bertz CT molecular complexity index is 1080. The molecule has 4 nitrogen and oxygen atoms in total. The van der Waals surface area contributed by atoms with E-state index in [-0.39, 0.29) is 17.8 Å². The van der Waals surface area contributed by atoms with Crippen molar-refractivity contribution in [2.75, 3.05) is 13.1 Å². The van der Waals surface area contributed by atoms with Crippen LogP contribution in [0.5, 0.6) is 5.75 Å². The van der Waals surface area contributed by atoms with E-state index in [0.717, 1.165) is 61.2 Å².